The second kappa shape index (κ2) is 9.33. The highest BCUT2D eigenvalue weighted by atomic mass is 16.1. The van der Waals surface area contributed by atoms with Crippen LogP contribution in [0.2, 0.25) is 0 Å². The molecule has 3 heterocycles. The number of anilines is 3. The van der Waals surface area contributed by atoms with Crippen molar-refractivity contribution in [2.45, 2.75) is 6.92 Å². The zero-order valence-corrected chi connectivity index (χ0v) is 18.4. The maximum Gasteiger partial charge on any atom is 0.259 e. The summed E-state index contributed by atoms with van der Waals surface area (Å²) in [6.45, 7) is 1.84. The van der Waals surface area contributed by atoms with Gasteiger partial charge in [0.05, 0.1) is 23.1 Å². The predicted molar refractivity (Wildman–Crippen MR) is 131 cm³/mol. The van der Waals surface area contributed by atoms with E-state index in [9.17, 15) is 4.79 Å². The lowest BCUT2D eigenvalue weighted by molar-refractivity contribution is 0.102. The van der Waals surface area contributed by atoms with Crippen molar-refractivity contribution in [3.05, 3.63) is 109 Å². The topological polar surface area (TPSA) is 97.6 Å². The second-order valence-corrected chi connectivity index (χ2v) is 7.55. The molecule has 0 radical (unpaired) electrons. The lowest BCUT2D eigenvalue weighted by Crippen LogP contribution is -2.13. The average Bonchev–Trinajstić information content (AvgIpc) is 3.28. The monoisotopic (exact) mass is 447 g/mol. The highest BCUT2D eigenvalue weighted by Gasteiger charge is 2.16. The van der Waals surface area contributed by atoms with Crippen molar-refractivity contribution in [2.24, 2.45) is 0 Å². The molecule has 166 valence electrons. The van der Waals surface area contributed by atoms with Crippen LogP contribution >= 0.6 is 0 Å². The van der Waals surface area contributed by atoms with E-state index in [1.54, 1.807) is 17.1 Å². The van der Waals surface area contributed by atoms with Crippen molar-refractivity contribution in [1.29, 1.82) is 0 Å². The van der Waals surface area contributed by atoms with Crippen molar-refractivity contribution < 1.29 is 4.79 Å². The van der Waals surface area contributed by atoms with Gasteiger partial charge in [-0.15, -0.1) is 0 Å². The van der Waals surface area contributed by atoms with Crippen LogP contribution in [0.3, 0.4) is 0 Å². The Morgan fingerprint density at radius 2 is 1.62 bits per heavy atom. The van der Waals surface area contributed by atoms with E-state index in [1.165, 1.54) is 6.33 Å². The van der Waals surface area contributed by atoms with Gasteiger partial charge in [-0.2, -0.15) is 5.10 Å². The molecule has 0 aliphatic heterocycles. The summed E-state index contributed by atoms with van der Waals surface area (Å²) < 4.78 is 1.65. The Bertz CT molecular complexity index is 1420. The number of hydrogen-bond acceptors (Lipinski definition) is 6. The fraction of sp³-hybridized carbons (Fsp3) is 0.0385. The van der Waals surface area contributed by atoms with Gasteiger partial charge < -0.3 is 10.6 Å². The van der Waals surface area contributed by atoms with Gasteiger partial charge in [0.1, 0.15) is 12.1 Å². The minimum Gasteiger partial charge on any atom is -0.340 e. The first-order valence-corrected chi connectivity index (χ1v) is 10.7. The standard InChI is InChI=1S/C26H21N7O/c1-18-22(16-30-33(18)25-9-5-6-14-27-25)26(34)32-21-12-10-20(11-13-21)31-24-15-23(28-17-29-24)19-7-3-2-4-8-19/h2-17H,1H3,(H,32,34)(H,28,29,31). The molecule has 34 heavy (non-hydrogen) atoms. The number of pyridine rings is 1. The van der Waals surface area contributed by atoms with Crippen LogP contribution in [0, 0.1) is 6.92 Å². The van der Waals surface area contributed by atoms with Crippen molar-refractivity contribution >= 4 is 23.1 Å². The zero-order valence-electron chi connectivity index (χ0n) is 18.4. The fourth-order valence-corrected chi connectivity index (χ4v) is 3.52. The summed E-state index contributed by atoms with van der Waals surface area (Å²) in [6, 6.07) is 24.8. The molecule has 0 spiro atoms. The van der Waals surface area contributed by atoms with Crippen molar-refractivity contribution in [3.63, 3.8) is 0 Å². The minimum absolute atomic E-state index is 0.233. The minimum atomic E-state index is -0.233. The van der Waals surface area contributed by atoms with Crippen LogP contribution in [-0.4, -0.2) is 30.6 Å². The average molecular weight is 448 g/mol. The summed E-state index contributed by atoms with van der Waals surface area (Å²) in [7, 11) is 0. The van der Waals surface area contributed by atoms with E-state index in [2.05, 4.69) is 30.7 Å². The van der Waals surface area contributed by atoms with E-state index < -0.39 is 0 Å². The first-order valence-electron chi connectivity index (χ1n) is 10.7. The maximum atomic E-state index is 12.8. The van der Waals surface area contributed by atoms with Crippen LogP contribution in [0.15, 0.2) is 97.6 Å². The molecule has 0 aliphatic carbocycles. The Morgan fingerprint density at radius 3 is 2.38 bits per heavy atom. The number of nitrogens with zero attached hydrogens (tertiary/aromatic N) is 5. The molecule has 2 aromatic carbocycles. The molecule has 0 atom stereocenters. The number of rotatable bonds is 6. The third kappa shape index (κ3) is 4.51. The van der Waals surface area contributed by atoms with Crippen molar-refractivity contribution in [2.75, 3.05) is 10.6 Å². The smallest absolute Gasteiger partial charge is 0.259 e. The second-order valence-electron chi connectivity index (χ2n) is 7.55. The van der Waals surface area contributed by atoms with E-state index in [1.807, 2.05) is 85.8 Å². The Hall–Kier alpha value is -4.85. The van der Waals surface area contributed by atoms with Crippen LogP contribution < -0.4 is 10.6 Å². The molecule has 5 aromatic rings. The number of aromatic nitrogens is 5. The van der Waals surface area contributed by atoms with Crippen molar-refractivity contribution in [3.8, 4) is 17.1 Å². The van der Waals surface area contributed by atoms with E-state index in [0.717, 1.165) is 16.9 Å². The molecular weight excluding hydrogens is 426 g/mol. The molecule has 5 rings (SSSR count). The van der Waals surface area contributed by atoms with Gasteiger partial charge in [-0.25, -0.2) is 19.6 Å². The summed E-state index contributed by atoms with van der Waals surface area (Å²) in [6.07, 6.45) is 4.77. The largest absolute Gasteiger partial charge is 0.340 e. The zero-order chi connectivity index (χ0) is 23.3. The first kappa shape index (κ1) is 21.0. The predicted octanol–water partition coefficient (Wildman–Crippen LogP) is 5.03. The Labute approximate surface area is 196 Å². The molecule has 2 N–H and O–H groups in total. The van der Waals surface area contributed by atoms with Crippen LogP contribution in [0.25, 0.3) is 17.1 Å². The number of carbonyl (C=O) groups excluding carboxylic acids is 1. The van der Waals surface area contributed by atoms with Gasteiger partial charge in [0.15, 0.2) is 5.82 Å². The molecule has 0 fully saturated rings. The van der Waals surface area contributed by atoms with Gasteiger partial charge in [-0.05, 0) is 43.3 Å². The van der Waals surface area contributed by atoms with E-state index in [4.69, 9.17) is 0 Å². The molecule has 3 aromatic heterocycles. The normalized spacial score (nSPS) is 10.6. The van der Waals surface area contributed by atoms with Crippen LogP contribution in [0.1, 0.15) is 16.1 Å². The molecule has 1 amide bonds. The van der Waals surface area contributed by atoms with Gasteiger partial charge in [-0.3, -0.25) is 4.79 Å². The lowest BCUT2D eigenvalue weighted by Gasteiger charge is -2.09. The molecule has 0 saturated carbocycles. The van der Waals surface area contributed by atoms with Gasteiger partial charge in [0.25, 0.3) is 5.91 Å². The lowest BCUT2D eigenvalue weighted by atomic mass is 10.1. The Kier molecular flexibility index (Phi) is 5.77. The molecular formula is C26H21N7O. The molecule has 8 nitrogen and oxygen atoms in total. The number of carbonyl (C=O) groups is 1. The number of hydrogen-bond donors (Lipinski definition) is 2. The van der Waals surface area contributed by atoms with Gasteiger partial charge in [0.2, 0.25) is 0 Å². The van der Waals surface area contributed by atoms with Gasteiger partial charge >= 0.3 is 0 Å². The summed E-state index contributed by atoms with van der Waals surface area (Å²) in [5.74, 6) is 1.11. The van der Waals surface area contributed by atoms with Crippen LogP contribution in [-0.2, 0) is 0 Å². The van der Waals surface area contributed by atoms with E-state index >= 15 is 0 Å². The third-order valence-electron chi connectivity index (χ3n) is 5.27. The highest BCUT2D eigenvalue weighted by molar-refractivity contribution is 6.05. The van der Waals surface area contributed by atoms with Crippen LogP contribution in [0.5, 0.6) is 0 Å². The molecule has 0 saturated heterocycles. The summed E-state index contributed by atoms with van der Waals surface area (Å²) in [4.78, 5) is 25.7. The molecule has 0 aliphatic rings. The van der Waals surface area contributed by atoms with E-state index in [-0.39, 0.29) is 5.91 Å². The summed E-state index contributed by atoms with van der Waals surface area (Å²) >= 11 is 0. The number of nitrogens with one attached hydrogen (secondary N) is 2. The van der Waals surface area contributed by atoms with Crippen molar-refractivity contribution in [1.82, 2.24) is 24.7 Å². The van der Waals surface area contributed by atoms with Gasteiger partial charge in [0, 0.05) is 29.2 Å². The van der Waals surface area contributed by atoms with Crippen LogP contribution in [0.4, 0.5) is 17.2 Å². The number of amides is 1. The maximum absolute atomic E-state index is 12.8. The molecule has 0 bridgehead atoms. The summed E-state index contributed by atoms with van der Waals surface area (Å²) in [5.41, 5.74) is 4.58. The first-order chi connectivity index (χ1) is 16.7. The Balaban J connectivity index is 1.27. The van der Waals surface area contributed by atoms with E-state index in [0.29, 0.717) is 28.6 Å². The van der Waals surface area contributed by atoms with Gasteiger partial charge in [-0.1, -0.05) is 36.4 Å². The molecule has 8 heteroatoms. The summed E-state index contributed by atoms with van der Waals surface area (Å²) in [5, 5.41) is 10.5. The fourth-order valence-electron chi connectivity index (χ4n) is 3.52. The molecule has 0 unspecified atom stereocenters. The highest BCUT2D eigenvalue weighted by Crippen LogP contribution is 2.22. The Morgan fingerprint density at radius 1 is 0.853 bits per heavy atom. The SMILES string of the molecule is Cc1c(C(=O)Nc2ccc(Nc3cc(-c4ccccc4)ncn3)cc2)cnn1-c1ccccn1. The number of benzene rings is 2. The quantitative estimate of drug-likeness (QED) is 0.379. The third-order valence-corrected chi connectivity index (χ3v) is 5.27.